The molecule has 0 bridgehead atoms. The van der Waals surface area contributed by atoms with Crippen molar-refractivity contribution in [2.45, 2.75) is 71.8 Å². The van der Waals surface area contributed by atoms with Crippen LogP contribution in [-0.2, 0) is 4.79 Å². The first kappa shape index (κ1) is 15.6. The molecule has 0 aromatic carbocycles. The van der Waals surface area contributed by atoms with Crippen LogP contribution < -0.4 is 0 Å². The molecule has 4 aliphatic rings. The molecule has 0 heterocycles. The molecule has 2 nitrogen and oxygen atoms in total. The fraction of sp³-hybridized carbons (Fsp3) is 0.762. The molecule has 0 amide bonds. The van der Waals surface area contributed by atoms with E-state index in [1.807, 2.05) is 0 Å². The molecule has 0 aromatic rings. The molecular formula is C21H30O2. The maximum Gasteiger partial charge on any atom is 0.162 e. The first-order chi connectivity index (χ1) is 10.9. The average Bonchev–Trinajstić information content (AvgIpc) is 2.85. The maximum absolute atomic E-state index is 12.2. The third-order valence-electron chi connectivity index (χ3n) is 8.07. The number of Topliss-reactive ketones (excluding diaryl/α,β-unsaturated/α-hetero) is 1. The van der Waals surface area contributed by atoms with E-state index in [1.165, 1.54) is 31.3 Å². The number of rotatable bonds is 1. The Balaban J connectivity index is 1.68. The number of fused-ring (bicyclic) bond motifs is 5. The summed E-state index contributed by atoms with van der Waals surface area (Å²) >= 11 is 0. The van der Waals surface area contributed by atoms with Crippen molar-refractivity contribution in [2.24, 2.45) is 28.6 Å². The molecule has 2 fully saturated rings. The summed E-state index contributed by atoms with van der Waals surface area (Å²) in [5.74, 6) is 2.16. The Bertz CT molecular complexity index is 601. The first-order valence-corrected chi connectivity index (χ1v) is 9.50. The largest absolute Gasteiger partial charge is 0.385 e. The fourth-order valence-corrected chi connectivity index (χ4v) is 6.72. The number of carbonyl (C=O) groups is 1. The SMILES string of the molecule is CCC1=CC[C@H]2[C@@H]3CC=C4C[C@@H](O)C(=O)C[C@]4(C)[C@H]3CC[C@]12C. The summed E-state index contributed by atoms with van der Waals surface area (Å²) in [5.41, 5.74) is 3.46. The number of ketones is 1. The van der Waals surface area contributed by atoms with Crippen LogP contribution in [-0.4, -0.2) is 17.0 Å². The number of hydrogen-bond acceptors (Lipinski definition) is 2. The second kappa shape index (κ2) is 5.05. The number of hydrogen-bond donors (Lipinski definition) is 1. The summed E-state index contributed by atoms with van der Waals surface area (Å²) in [6.07, 6.45) is 11.4. The van der Waals surface area contributed by atoms with Crippen LogP contribution in [0.15, 0.2) is 23.3 Å². The first-order valence-electron chi connectivity index (χ1n) is 9.50. The van der Waals surface area contributed by atoms with Crippen molar-refractivity contribution >= 4 is 5.78 Å². The van der Waals surface area contributed by atoms with Gasteiger partial charge in [-0.3, -0.25) is 4.79 Å². The molecular weight excluding hydrogens is 284 g/mol. The Morgan fingerprint density at radius 2 is 1.96 bits per heavy atom. The van der Waals surface area contributed by atoms with E-state index in [4.69, 9.17) is 0 Å². The van der Waals surface area contributed by atoms with E-state index in [0.29, 0.717) is 30.1 Å². The Kier molecular flexibility index (Phi) is 3.43. The van der Waals surface area contributed by atoms with Crippen LogP contribution in [0.25, 0.3) is 0 Å². The summed E-state index contributed by atoms with van der Waals surface area (Å²) in [6.45, 7) is 7.10. The Hall–Kier alpha value is -0.890. The van der Waals surface area contributed by atoms with Gasteiger partial charge in [-0.15, -0.1) is 0 Å². The van der Waals surface area contributed by atoms with Gasteiger partial charge in [-0.25, -0.2) is 0 Å². The zero-order valence-corrected chi connectivity index (χ0v) is 14.8. The number of allylic oxidation sites excluding steroid dienone is 3. The molecule has 23 heavy (non-hydrogen) atoms. The second-order valence-electron chi connectivity index (χ2n) is 8.90. The topological polar surface area (TPSA) is 37.3 Å². The van der Waals surface area contributed by atoms with E-state index < -0.39 is 6.10 Å². The van der Waals surface area contributed by atoms with Crippen LogP contribution in [0.3, 0.4) is 0 Å². The van der Waals surface area contributed by atoms with Gasteiger partial charge in [0.25, 0.3) is 0 Å². The summed E-state index contributed by atoms with van der Waals surface area (Å²) < 4.78 is 0. The maximum atomic E-state index is 12.2. The molecule has 2 saturated carbocycles. The lowest BCUT2D eigenvalue weighted by Crippen LogP contribution is -2.51. The Morgan fingerprint density at radius 1 is 1.17 bits per heavy atom. The highest BCUT2D eigenvalue weighted by atomic mass is 16.3. The molecule has 4 aliphatic carbocycles. The third kappa shape index (κ3) is 2.00. The van der Waals surface area contributed by atoms with Crippen LogP contribution in [0, 0.1) is 28.6 Å². The van der Waals surface area contributed by atoms with Gasteiger partial charge in [0.1, 0.15) is 6.10 Å². The van der Waals surface area contributed by atoms with Crippen molar-refractivity contribution in [3.8, 4) is 0 Å². The number of aliphatic hydroxyl groups is 1. The van der Waals surface area contributed by atoms with Gasteiger partial charge in [-0.1, -0.05) is 44.1 Å². The van der Waals surface area contributed by atoms with Crippen LogP contribution >= 0.6 is 0 Å². The van der Waals surface area contributed by atoms with Crippen LogP contribution in [0.1, 0.15) is 65.7 Å². The number of carbonyl (C=O) groups excluding carboxylic acids is 1. The second-order valence-corrected chi connectivity index (χ2v) is 8.90. The summed E-state index contributed by atoms with van der Waals surface area (Å²) in [6, 6.07) is 0. The summed E-state index contributed by atoms with van der Waals surface area (Å²) in [4.78, 5) is 12.2. The smallest absolute Gasteiger partial charge is 0.162 e. The van der Waals surface area contributed by atoms with Crippen LogP contribution in [0.5, 0.6) is 0 Å². The monoisotopic (exact) mass is 314 g/mol. The lowest BCUT2D eigenvalue weighted by molar-refractivity contribution is -0.134. The van der Waals surface area contributed by atoms with Crippen molar-refractivity contribution in [3.63, 3.8) is 0 Å². The zero-order chi connectivity index (χ0) is 16.4. The van der Waals surface area contributed by atoms with Crippen molar-refractivity contribution < 1.29 is 9.90 Å². The molecule has 0 aromatic heterocycles. The lowest BCUT2D eigenvalue weighted by atomic mass is 9.47. The van der Waals surface area contributed by atoms with E-state index in [-0.39, 0.29) is 11.2 Å². The highest BCUT2D eigenvalue weighted by Crippen LogP contribution is 2.64. The van der Waals surface area contributed by atoms with Gasteiger partial charge in [-0.05, 0) is 60.7 Å². The van der Waals surface area contributed by atoms with Crippen LogP contribution in [0.4, 0.5) is 0 Å². The van der Waals surface area contributed by atoms with Crippen molar-refractivity contribution in [1.29, 1.82) is 0 Å². The van der Waals surface area contributed by atoms with Gasteiger partial charge in [0.2, 0.25) is 0 Å². The molecule has 4 rings (SSSR count). The fourth-order valence-electron chi connectivity index (χ4n) is 6.72. The Labute approximate surface area is 140 Å². The Morgan fingerprint density at radius 3 is 2.70 bits per heavy atom. The molecule has 0 unspecified atom stereocenters. The summed E-state index contributed by atoms with van der Waals surface area (Å²) in [5, 5.41) is 9.99. The quantitative estimate of drug-likeness (QED) is 0.727. The van der Waals surface area contributed by atoms with E-state index in [2.05, 4.69) is 32.9 Å². The molecule has 2 heteroatoms. The highest BCUT2D eigenvalue weighted by molar-refractivity contribution is 5.85. The van der Waals surface area contributed by atoms with Gasteiger partial charge < -0.3 is 5.11 Å². The lowest BCUT2D eigenvalue weighted by Gasteiger charge is -2.57. The highest BCUT2D eigenvalue weighted by Gasteiger charge is 2.57. The molecule has 0 saturated heterocycles. The molecule has 0 spiro atoms. The zero-order valence-electron chi connectivity index (χ0n) is 14.8. The van der Waals surface area contributed by atoms with Crippen molar-refractivity contribution in [3.05, 3.63) is 23.3 Å². The van der Waals surface area contributed by atoms with E-state index in [9.17, 15) is 9.90 Å². The van der Waals surface area contributed by atoms with Crippen LogP contribution in [0.2, 0.25) is 0 Å². The van der Waals surface area contributed by atoms with Gasteiger partial charge >= 0.3 is 0 Å². The molecule has 0 aliphatic heterocycles. The normalized spacial score (nSPS) is 49.0. The minimum atomic E-state index is -0.750. The molecule has 1 N–H and O–H groups in total. The predicted octanol–water partition coefficient (Wildman–Crippen LogP) is 4.44. The minimum Gasteiger partial charge on any atom is -0.385 e. The predicted molar refractivity (Wildman–Crippen MR) is 91.9 cm³/mol. The van der Waals surface area contributed by atoms with E-state index >= 15 is 0 Å². The summed E-state index contributed by atoms with van der Waals surface area (Å²) in [7, 11) is 0. The van der Waals surface area contributed by atoms with Crippen molar-refractivity contribution in [1.82, 2.24) is 0 Å². The average molecular weight is 314 g/mol. The van der Waals surface area contributed by atoms with Gasteiger partial charge in [0, 0.05) is 12.8 Å². The van der Waals surface area contributed by atoms with Gasteiger partial charge in [0.05, 0.1) is 0 Å². The molecule has 6 atom stereocenters. The van der Waals surface area contributed by atoms with E-state index in [0.717, 1.165) is 12.3 Å². The van der Waals surface area contributed by atoms with E-state index in [1.54, 1.807) is 5.57 Å². The molecule has 126 valence electrons. The van der Waals surface area contributed by atoms with Crippen molar-refractivity contribution in [2.75, 3.05) is 0 Å². The number of aliphatic hydroxyl groups excluding tert-OH is 1. The minimum absolute atomic E-state index is 0.00945. The molecule has 0 radical (unpaired) electrons. The standard InChI is InChI=1S/C21H30O2/c1-4-13-6-8-16-15-7-5-14-11-18(22)19(23)12-21(14,3)17(15)9-10-20(13,16)2/h5-6,15-18,22H,4,7-12H2,1-3H3/t15-,16-,17-,18+,20+,21-/m0/s1. The van der Waals surface area contributed by atoms with Gasteiger partial charge in [0.15, 0.2) is 5.78 Å². The third-order valence-corrected chi connectivity index (χ3v) is 8.07. The van der Waals surface area contributed by atoms with Gasteiger partial charge in [-0.2, -0.15) is 0 Å².